The van der Waals surface area contributed by atoms with Crippen LogP contribution in [-0.4, -0.2) is 11.5 Å². The Kier molecular flexibility index (Phi) is 6.42. The molecule has 2 aromatic rings. The number of aromatic nitrogens is 1. The Morgan fingerprint density at radius 2 is 1.79 bits per heavy atom. The molecule has 1 N–H and O–H groups in total. The van der Waals surface area contributed by atoms with Crippen molar-refractivity contribution >= 4 is 0 Å². The molecule has 3 rings (SSSR count). The Morgan fingerprint density at radius 1 is 1.00 bits per heavy atom. The van der Waals surface area contributed by atoms with Gasteiger partial charge in [-0.25, -0.2) is 0 Å². The van der Waals surface area contributed by atoms with E-state index in [1.807, 2.05) is 0 Å². The van der Waals surface area contributed by atoms with Gasteiger partial charge in [0.25, 0.3) is 0 Å². The summed E-state index contributed by atoms with van der Waals surface area (Å²) >= 11 is 0. The molecule has 1 saturated carbocycles. The van der Waals surface area contributed by atoms with Crippen LogP contribution in [0.3, 0.4) is 0 Å². The number of pyridine rings is 1. The number of unbranched alkanes of at least 4 members (excludes halogenated alkanes) is 1. The molecule has 1 unspecified atom stereocenters. The Labute approximate surface area is 146 Å². The van der Waals surface area contributed by atoms with Crippen LogP contribution in [0, 0.1) is 5.92 Å². The Balaban J connectivity index is 1.83. The van der Waals surface area contributed by atoms with Gasteiger partial charge < -0.3 is 5.32 Å². The minimum atomic E-state index is 0.403. The maximum Gasteiger partial charge on any atom is 0.0706 e. The summed E-state index contributed by atoms with van der Waals surface area (Å²) in [4.78, 5) is 5.03. The SMILES string of the molecule is CCCCNC(c1cccc(-c2ccccc2)n1)C1CCCCC1. The van der Waals surface area contributed by atoms with Gasteiger partial charge >= 0.3 is 0 Å². The normalized spacial score (nSPS) is 16.9. The van der Waals surface area contributed by atoms with Crippen molar-refractivity contribution in [3.8, 4) is 11.3 Å². The maximum atomic E-state index is 5.03. The molecule has 24 heavy (non-hydrogen) atoms. The van der Waals surface area contributed by atoms with Crippen LogP contribution in [0.5, 0.6) is 0 Å². The average Bonchev–Trinajstić information content (AvgIpc) is 2.67. The zero-order chi connectivity index (χ0) is 16.6. The molecule has 0 spiro atoms. The molecule has 1 aromatic heterocycles. The molecule has 2 nitrogen and oxygen atoms in total. The molecule has 2 heteroatoms. The highest BCUT2D eigenvalue weighted by Gasteiger charge is 2.25. The highest BCUT2D eigenvalue weighted by Crippen LogP contribution is 2.34. The summed E-state index contributed by atoms with van der Waals surface area (Å²) in [6, 6.07) is 17.4. The fourth-order valence-electron chi connectivity index (χ4n) is 3.81. The number of nitrogens with zero attached hydrogens (tertiary/aromatic N) is 1. The third-order valence-electron chi connectivity index (χ3n) is 5.17. The zero-order valence-electron chi connectivity index (χ0n) is 14.9. The van der Waals surface area contributed by atoms with Crippen molar-refractivity contribution in [1.82, 2.24) is 10.3 Å². The van der Waals surface area contributed by atoms with Gasteiger partial charge in [-0.3, -0.25) is 4.98 Å². The molecule has 0 saturated heterocycles. The van der Waals surface area contributed by atoms with Crippen LogP contribution in [0.4, 0.5) is 0 Å². The fourth-order valence-corrected chi connectivity index (χ4v) is 3.81. The first-order valence-electron chi connectivity index (χ1n) is 9.64. The van der Waals surface area contributed by atoms with E-state index < -0.39 is 0 Å². The summed E-state index contributed by atoms with van der Waals surface area (Å²) in [6.07, 6.45) is 9.28. The quantitative estimate of drug-likeness (QED) is 0.656. The van der Waals surface area contributed by atoms with Crippen molar-refractivity contribution in [3.63, 3.8) is 0 Å². The van der Waals surface area contributed by atoms with Gasteiger partial charge in [0.15, 0.2) is 0 Å². The molecular formula is C22H30N2. The molecule has 1 aromatic carbocycles. The average molecular weight is 322 g/mol. The first-order chi connectivity index (χ1) is 11.9. The van der Waals surface area contributed by atoms with Crippen molar-refractivity contribution in [2.45, 2.75) is 57.9 Å². The van der Waals surface area contributed by atoms with Crippen molar-refractivity contribution in [1.29, 1.82) is 0 Å². The Hall–Kier alpha value is -1.67. The summed E-state index contributed by atoms with van der Waals surface area (Å²) in [7, 11) is 0. The Morgan fingerprint density at radius 3 is 2.54 bits per heavy atom. The Bertz CT molecular complexity index is 602. The predicted molar refractivity (Wildman–Crippen MR) is 102 cm³/mol. The van der Waals surface area contributed by atoms with Crippen LogP contribution in [0.25, 0.3) is 11.3 Å². The summed E-state index contributed by atoms with van der Waals surface area (Å²) in [6.45, 7) is 3.35. The van der Waals surface area contributed by atoms with E-state index in [0.29, 0.717) is 6.04 Å². The summed E-state index contributed by atoms with van der Waals surface area (Å²) < 4.78 is 0. The van der Waals surface area contributed by atoms with E-state index in [2.05, 4.69) is 60.8 Å². The van der Waals surface area contributed by atoms with Gasteiger partial charge in [-0.05, 0) is 43.9 Å². The lowest BCUT2D eigenvalue weighted by atomic mass is 9.82. The van der Waals surface area contributed by atoms with E-state index in [1.165, 1.54) is 56.2 Å². The lowest BCUT2D eigenvalue weighted by Gasteiger charge is -2.31. The summed E-state index contributed by atoms with van der Waals surface area (Å²) in [5.74, 6) is 0.731. The standard InChI is InChI=1S/C22H30N2/c1-2-3-17-23-22(19-13-8-5-9-14-19)21-16-10-15-20(24-21)18-11-6-4-7-12-18/h4,6-7,10-12,15-16,19,22-23H,2-3,5,8-9,13-14,17H2,1H3. The second-order valence-corrected chi connectivity index (χ2v) is 7.00. The molecule has 0 radical (unpaired) electrons. The third-order valence-corrected chi connectivity index (χ3v) is 5.17. The highest BCUT2D eigenvalue weighted by molar-refractivity contribution is 5.58. The summed E-state index contributed by atoms with van der Waals surface area (Å²) in [5.41, 5.74) is 3.51. The summed E-state index contributed by atoms with van der Waals surface area (Å²) in [5, 5.41) is 3.82. The van der Waals surface area contributed by atoms with Crippen LogP contribution >= 0.6 is 0 Å². The van der Waals surface area contributed by atoms with Gasteiger partial charge in [0.05, 0.1) is 17.4 Å². The van der Waals surface area contributed by atoms with Gasteiger partial charge in [-0.15, -0.1) is 0 Å². The number of benzene rings is 1. The van der Waals surface area contributed by atoms with Crippen molar-refractivity contribution in [3.05, 3.63) is 54.2 Å². The maximum absolute atomic E-state index is 5.03. The molecule has 0 bridgehead atoms. The molecule has 1 atom stereocenters. The molecule has 1 aliphatic rings. The van der Waals surface area contributed by atoms with E-state index in [1.54, 1.807) is 0 Å². The van der Waals surface area contributed by atoms with Crippen LogP contribution in [0.2, 0.25) is 0 Å². The van der Waals surface area contributed by atoms with Crippen LogP contribution in [0.15, 0.2) is 48.5 Å². The topological polar surface area (TPSA) is 24.9 Å². The third kappa shape index (κ3) is 4.45. The van der Waals surface area contributed by atoms with E-state index in [-0.39, 0.29) is 0 Å². The first kappa shape index (κ1) is 17.2. The molecule has 128 valence electrons. The van der Waals surface area contributed by atoms with Crippen LogP contribution < -0.4 is 5.32 Å². The monoisotopic (exact) mass is 322 g/mol. The van der Waals surface area contributed by atoms with Crippen molar-refractivity contribution < 1.29 is 0 Å². The molecular weight excluding hydrogens is 292 g/mol. The molecule has 1 heterocycles. The number of nitrogens with one attached hydrogen (secondary N) is 1. The van der Waals surface area contributed by atoms with Gasteiger partial charge in [0.1, 0.15) is 0 Å². The van der Waals surface area contributed by atoms with E-state index in [4.69, 9.17) is 4.98 Å². The van der Waals surface area contributed by atoms with Gasteiger partial charge in [0, 0.05) is 5.56 Å². The molecule has 0 aliphatic heterocycles. The predicted octanol–water partition coefficient (Wildman–Crippen LogP) is 5.76. The van der Waals surface area contributed by atoms with E-state index in [0.717, 1.165) is 18.2 Å². The zero-order valence-corrected chi connectivity index (χ0v) is 14.9. The van der Waals surface area contributed by atoms with Crippen molar-refractivity contribution in [2.24, 2.45) is 5.92 Å². The minimum Gasteiger partial charge on any atom is -0.308 e. The minimum absolute atomic E-state index is 0.403. The van der Waals surface area contributed by atoms with Crippen LogP contribution in [0.1, 0.15) is 63.6 Å². The number of rotatable bonds is 7. The largest absolute Gasteiger partial charge is 0.308 e. The smallest absolute Gasteiger partial charge is 0.0706 e. The molecule has 1 fully saturated rings. The van der Waals surface area contributed by atoms with E-state index >= 15 is 0 Å². The second-order valence-electron chi connectivity index (χ2n) is 7.00. The van der Waals surface area contributed by atoms with E-state index in [9.17, 15) is 0 Å². The van der Waals surface area contributed by atoms with Crippen LogP contribution in [-0.2, 0) is 0 Å². The van der Waals surface area contributed by atoms with Gasteiger partial charge in [-0.2, -0.15) is 0 Å². The van der Waals surface area contributed by atoms with Crippen molar-refractivity contribution in [2.75, 3.05) is 6.54 Å². The number of hydrogen-bond donors (Lipinski definition) is 1. The lowest BCUT2D eigenvalue weighted by Crippen LogP contribution is -2.31. The van der Waals surface area contributed by atoms with Gasteiger partial charge in [-0.1, -0.05) is 69.0 Å². The second kappa shape index (κ2) is 8.98. The molecule has 1 aliphatic carbocycles. The molecule has 0 amide bonds. The first-order valence-corrected chi connectivity index (χ1v) is 9.64. The number of hydrogen-bond acceptors (Lipinski definition) is 2. The van der Waals surface area contributed by atoms with Gasteiger partial charge in [0.2, 0.25) is 0 Å². The fraction of sp³-hybridized carbons (Fsp3) is 0.500. The lowest BCUT2D eigenvalue weighted by molar-refractivity contribution is 0.267. The highest BCUT2D eigenvalue weighted by atomic mass is 14.9.